The van der Waals surface area contributed by atoms with Crippen LogP contribution in [-0.4, -0.2) is 47.7 Å². The fourth-order valence-corrected chi connectivity index (χ4v) is 3.42. The van der Waals surface area contributed by atoms with Crippen LogP contribution < -0.4 is 16.4 Å². The van der Waals surface area contributed by atoms with Gasteiger partial charge in [-0.25, -0.2) is 0 Å². The Labute approximate surface area is 174 Å². The summed E-state index contributed by atoms with van der Waals surface area (Å²) in [5.74, 6) is -2.09. The molecule has 4 amide bonds. The first-order chi connectivity index (χ1) is 14.4. The Morgan fingerprint density at radius 2 is 2.03 bits per heavy atom. The lowest BCUT2D eigenvalue weighted by atomic mass is 10.0. The summed E-state index contributed by atoms with van der Waals surface area (Å²) in [6.07, 6.45) is 5.68. The van der Waals surface area contributed by atoms with Gasteiger partial charge in [0.1, 0.15) is 6.04 Å². The van der Waals surface area contributed by atoms with Gasteiger partial charge in [-0.05, 0) is 31.1 Å². The molecule has 3 rings (SSSR count). The molecule has 1 fully saturated rings. The highest BCUT2D eigenvalue weighted by Gasteiger charge is 2.45. The maximum absolute atomic E-state index is 13.0. The first-order valence-corrected chi connectivity index (χ1v) is 9.64. The third-order valence-electron chi connectivity index (χ3n) is 5.11. The summed E-state index contributed by atoms with van der Waals surface area (Å²) < 4.78 is 0. The number of carbonyl (C=O) groups excluding carboxylic acids is 4. The number of nitrogens with zero attached hydrogens (tertiary/aromatic N) is 1. The van der Waals surface area contributed by atoms with Gasteiger partial charge in [0.05, 0.1) is 11.1 Å². The standard InChI is InChI=1S/C22H24N4O4/c1-3-14(11-23)8-7-13(2)12-24-16-6-4-5-15-19(16)22(30)26(21(15)29)17-9-10-18(27)25-20(17)28/h3-8,17,24H,1,9-12,23H2,2H3,(H,25,27,28)/b13-7+,14-8+. The van der Waals surface area contributed by atoms with Crippen LogP contribution in [0.25, 0.3) is 0 Å². The van der Waals surface area contributed by atoms with Gasteiger partial charge in [-0.1, -0.05) is 36.4 Å². The van der Waals surface area contributed by atoms with Gasteiger partial charge in [0.15, 0.2) is 0 Å². The quantitative estimate of drug-likeness (QED) is 0.465. The second kappa shape index (κ2) is 8.87. The fourth-order valence-electron chi connectivity index (χ4n) is 3.42. The van der Waals surface area contributed by atoms with Crippen molar-refractivity contribution < 1.29 is 19.2 Å². The monoisotopic (exact) mass is 408 g/mol. The average Bonchev–Trinajstić information content (AvgIpc) is 2.98. The fraction of sp³-hybridized carbons (Fsp3) is 0.273. The summed E-state index contributed by atoms with van der Waals surface area (Å²) in [6, 6.07) is 3.98. The number of benzene rings is 1. The largest absolute Gasteiger partial charge is 0.381 e. The maximum atomic E-state index is 13.0. The highest BCUT2D eigenvalue weighted by atomic mass is 16.2. The number of hydrogen-bond acceptors (Lipinski definition) is 6. The number of nitrogens with two attached hydrogens (primary N) is 1. The van der Waals surface area contributed by atoms with Crippen LogP contribution in [0.3, 0.4) is 0 Å². The number of nitrogens with one attached hydrogen (secondary N) is 2. The SMILES string of the molecule is C=C/C(=C\C=C(/C)CNc1cccc2c1C(=O)N(C1CCC(=O)NC1=O)C2=O)CN. The molecule has 1 unspecified atom stereocenters. The van der Waals surface area contributed by atoms with E-state index in [1.807, 2.05) is 19.1 Å². The first kappa shape index (κ1) is 21.2. The van der Waals surface area contributed by atoms with Crippen molar-refractivity contribution in [1.29, 1.82) is 0 Å². The van der Waals surface area contributed by atoms with Gasteiger partial charge < -0.3 is 11.1 Å². The molecule has 1 aromatic rings. The minimum atomic E-state index is -0.983. The topological polar surface area (TPSA) is 122 Å². The van der Waals surface area contributed by atoms with Crippen LogP contribution in [0.15, 0.2) is 54.2 Å². The highest BCUT2D eigenvalue weighted by Crippen LogP contribution is 2.32. The van der Waals surface area contributed by atoms with E-state index in [0.29, 0.717) is 18.8 Å². The van der Waals surface area contributed by atoms with Crippen molar-refractivity contribution in [1.82, 2.24) is 10.2 Å². The molecule has 0 aromatic heterocycles. The van der Waals surface area contributed by atoms with Crippen LogP contribution in [0.2, 0.25) is 0 Å². The zero-order valence-corrected chi connectivity index (χ0v) is 16.7. The second-order valence-electron chi connectivity index (χ2n) is 7.19. The molecule has 0 radical (unpaired) electrons. The number of imide groups is 2. The number of carbonyl (C=O) groups is 4. The van der Waals surface area contributed by atoms with Gasteiger partial charge in [-0.2, -0.15) is 0 Å². The Morgan fingerprint density at radius 1 is 1.27 bits per heavy atom. The van der Waals surface area contributed by atoms with Gasteiger partial charge in [0, 0.05) is 25.2 Å². The van der Waals surface area contributed by atoms with Crippen molar-refractivity contribution in [2.45, 2.75) is 25.8 Å². The number of hydrogen-bond donors (Lipinski definition) is 3. The maximum Gasteiger partial charge on any atom is 0.264 e. The van der Waals surface area contributed by atoms with E-state index in [1.165, 1.54) is 0 Å². The van der Waals surface area contributed by atoms with Crippen molar-refractivity contribution in [3.63, 3.8) is 0 Å². The summed E-state index contributed by atoms with van der Waals surface area (Å²) in [5.41, 5.74) is 8.49. The lowest BCUT2D eigenvalue weighted by Crippen LogP contribution is -2.54. The molecule has 2 heterocycles. The molecule has 1 atom stereocenters. The predicted molar refractivity (Wildman–Crippen MR) is 113 cm³/mol. The summed E-state index contributed by atoms with van der Waals surface area (Å²) in [5, 5.41) is 5.38. The van der Waals surface area contributed by atoms with E-state index < -0.39 is 29.7 Å². The normalized spacial score (nSPS) is 19.7. The molecule has 2 aliphatic rings. The molecule has 8 nitrogen and oxygen atoms in total. The molecular weight excluding hydrogens is 384 g/mol. The smallest absolute Gasteiger partial charge is 0.264 e. The van der Waals surface area contributed by atoms with Crippen molar-refractivity contribution in [2.24, 2.45) is 5.73 Å². The summed E-state index contributed by atoms with van der Waals surface area (Å²) in [7, 11) is 0. The zero-order chi connectivity index (χ0) is 21.8. The number of anilines is 1. The minimum Gasteiger partial charge on any atom is -0.381 e. The lowest BCUT2D eigenvalue weighted by Gasteiger charge is -2.27. The first-order valence-electron chi connectivity index (χ1n) is 9.64. The van der Waals surface area contributed by atoms with E-state index in [4.69, 9.17) is 5.73 Å². The van der Waals surface area contributed by atoms with Crippen molar-refractivity contribution >= 4 is 29.3 Å². The molecule has 0 bridgehead atoms. The molecule has 0 spiro atoms. The highest BCUT2D eigenvalue weighted by molar-refractivity contribution is 6.25. The van der Waals surface area contributed by atoms with Gasteiger partial charge >= 0.3 is 0 Å². The molecule has 30 heavy (non-hydrogen) atoms. The van der Waals surface area contributed by atoms with E-state index in [2.05, 4.69) is 17.2 Å². The molecule has 2 aliphatic heterocycles. The Morgan fingerprint density at radius 3 is 2.70 bits per heavy atom. The van der Waals surface area contributed by atoms with Gasteiger partial charge in [0.2, 0.25) is 11.8 Å². The van der Waals surface area contributed by atoms with Crippen molar-refractivity contribution in [2.75, 3.05) is 18.4 Å². The van der Waals surface area contributed by atoms with Crippen LogP contribution in [0, 0.1) is 0 Å². The van der Waals surface area contributed by atoms with E-state index in [0.717, 1.165) is 16.0 Å². The Bertz CT molecular complexity index is 993. The van der Waals surface area contributed by atoms with Crippen LogP contribution >= 0.6 is 0 Å². The second-order valence-corrected chi connectivity index (χ2v) is 7.19. The summed E-state index contributed by atoms with van der Waals surface area (Å²) >= 11 is 0. The van der Waals surface area contributed by atoms with E-state index in [1.54, 1.807) is 24.3 Å². The molecule has 1 saturated heterocycles. The number of amides is 4. The summed E-state index contributed by atoms with van der Waals surface area (Å²) in [6.45, 7) is 6.46. The molecule has 4 N–H and O–H groups in total. The van der Waals surface area contributed by atoms with E-state index in [9.17, 15) is 19.2 Å². The molecule has 0 saturated carbocycles. The van der Waals surface area contributed by atoms with Crippen LogP contribution in [-0.2, 0) is 9.59 Å². The molecule has 1 aromatic carbocycles. The Balaban J connectivity index is 1.81. The zero-order valence-electron chi connectivity index (χ0n) is 16.7. The van der Waals surface area contributed by atoms with Gasteiger partial charge in [-0.15, -0.1) is 0 Å². The van der Waals surface area contributed by atoms with Crippen LogP contribution in [0.5, 0.6) is 0 Å². The van der Waals surface area contributed by atoms with Crippen molar-refractivity contribution in [3.8, 4) is 0 Å². The van der Waals surface area contributed by atoms with Gasteiger partial charge in [-0.3, -0.25) is 29.4 Å². The number of piperidine rings is 1. The Hall–Kier alpha value is -3.52. The molecular formula is C22H24N4O4. The van der Waals surface area contributed by atoms with Crippen LogP contribution in [0.1, 0.15) is 40.5 Å². The lowest BCUT2D eigenvalue weighted by molar-refractivity contribution is -0.136. The third kappa shape index (κ3) is 4.08. The Kier molecular flexibility index (Phi) is 6.27. The third-order valence-corrected chi connectivity index (χ3v) is 5.11. The number of allylic oxidation sites excluding steroid dienone is 2. The molecule has 156 valence electrons. The van der Waals surface area contributed by atoms with E-state index >= 15 is 0 Å². The van der Waals surface area contributed by atoms with E-state index in [-0.39, 0.29) is 24.0 Å². The predicted octanol–water partition coefficient (Wildman–Crippen LogP) is 1.52. The molecule has 0 aliphatic carbocycles. The van der Waals surface area contributed by atoms with Crippen molar-refractivity contribution in [3.05, 3.63) is 65.3 Å². The number of fused-ring (bicyclic) bond motifs is 1. The number of rotatable bonds is 7. The summed E-state index contributed by atoms with van der Waals surface area (Å²) in [4.78, 5) is 50.4. The molecule has 8 heteroatoms. The van der Waals surface area contributed by atoms with Crippen LogP contribution in [0.4, 0.5) is 5.69 Å². The average molecular weight is 408 g/mol. The van der Waals surface area contributed by atoms with Gasteiger partial charge in [0.25, 0.3) is 11.8 Å². The minimum absolute atomic E-state index is 0.0852.